The van der Waals surface area contributed by atoms with Crippen LogP contribution in [-0.2, 0) is 0 Å². The van der Waals surface area contributed by atoms with E-state index < -0.39 is 0 Å². The van der Waals surface area contributed by atoms with E-state index >= 15 is 0 Å². The molecule has 1 aromatic carbocycles. The van der Waals surface area contributed by atoms with Crippen LogP contribution in [-0.4, -0.2) is 5.11 Å². The van der Waals surface area contributed by atoms with Crippen molar-refractivity contribution in [3.05, 3.63) is 65.2 Å². The van der Waals surface area contributed by atoms with E-state index in [1.807, 2.05) is 24.3 Å². The van der Waals surface area contributed by atoms with Crippen molar-refractivity contribution in [2.75, 3.05) is 0 Å². The van der Waals surface area contributed by atoms with Crippen molar-refractivity contribution in [2.24, 2.45) is 5.92 Å². The zero-order valence-electron chi connectivity index (χ0n) is 18.2. The molecule has 1 saturated carbocycles. The third-order valence-corrected chi connectivity index (χ3v) is 6.07. The lowest BCUT2D eigenvalue weighted by Gasteiger charge is -2.22. The van der Waals surface area contributed by atoms with Gasteiger partial charge in [-0.2, -0.15) is 10.5 Å². The average molecular weight is 403 g/mol. The molecular weight excluding hydrogens is 368 g/mol. The molecule has 0 aliphatic heterocycles. The summed E-state index contributed by atoms with van der Waals surface area (Å²) in [5.74, 6) is 1.02. The van der Waals surface area contributed by atoms with Gasteiger partial charge in [-0.1, -0.05) is 113 Å². The third-order valence-electron chi connectivity index (χ3n) is 6.07. The van der Waals surface area contributed by atoms with Crippen LogP contribution in [0, 0.1) is 28.6 Å². The molecule has 0 saturated heterocycles. The topological polar surface area (TPSA) is 67.8 Å². The molecule has 1 aliphatic rings. The van der Waals surface area contributed by atoms with Crippen LogP contribution in [0.3, 0.4) is 0 Å². The fourth-order valence-corrected chi connectivity index (χ4v) is 4.29. The summed E-state index contributed by atoms with van der Waals surface area (Å²) in [6, 6.07) is 18.8. The van der Waals surface area contributed by atoms with Crippen LogP contribution in [0.5, 0.6) is 0 Å². The molecule has 1 aliphatic carbocycles. The van der Waals surface area contributed by atoms with Crippen LogP contribution in [0.4, 0.5) is 0 Å². The molecular formula is C27H34N2O. The Balaban J connectivity index is 2.15. The summed E-state index contributed by atoms with van der Waals surface area (Å²) in [5.41, 5.74) is 1.47. The van der Waals surface area contributed by atoms with E-state index in [1.165, 1.54) is 69.8 Å². The van der Waals surface area contributed by atoms with E-state index in [0.717, 1.165) is 5.92 Å². The molecule has 1 N–H and O–H groups in total. The summed E-state index contributed by atoms with van der Waals surface area (Å²) >= 11 is 0. The maximum Gasteiger partial charge on any atom is 0.171 e. The van der Waals surface area contributed by atoms with Gasteiger partial charge in [0.2, 0.25) is 0 Å². The molecule has 1 aromatic rings. The van der Waals surface area contributed by atoms with E-state index in [4.69, 9.17) is 10.5 Å². The number of allylic oxidation sites excluding steroid dienone is 1. The molecule has 0 radical (unpaired) electrons. The van der Waals surface area contributed by atoms with Gasteiger partial charge in [-0.25, -0.2) is 0 Å². The summed E-state index contributed by atoms with van der Waals surface area (Å²) in [5, 5.41) is 28.1. The molecule has 3 nitrogen and oxygen atoms in total. The van der Waals surface area contributed by atoms with E-state index in [-0.39, 0.29) is 11.3 Å². The van der Waals surface area contributed by atoms with Crippen molar-refractivity contribution in [3.8, 4) is 12.1 Å². The first-order valence-electron chi connectivity index (χ1n) is 11.3. The maximum absolute atomic E-state index is 10.2. The minimum atomic E-state index is -0.288. The molecule has 0 spiro atoms. The second-order valence-electron chi connectivity index (χ2n) is 8.39. The molecule has 30 heavy (non-hydrogen) atoms. The Morgan fingerprint density at radius 1 is 0.867 bits per heavy atom. The summed E-state index contributed by atoms with van der Waals surface area (Å²) in [4.78, 5) is 0. The van der Waals surface area contributed by atoms with Crippen molar-refractivity contribution >= 4 is 5.76 Å². The van der Waals surface area contributed by atoms with Gasteiger partial charge >= 0.3 is 0 Å². The van der Waals surface area contributed by atoms with E-state index in [2.05, 4.69) is 19.1 Å². The summed E-state index contributed by atoms with van der Waals surface area (Å²) in [7, 11) is 0. The van der Waals surface area contributed by atoms with Gasteiger partial charge in [-0.15, -0.1) is 0 Å². The lowest BCUT2D eigenvalue weighted by Crippen LogP contribution is -2.07. The van der Waals surface area contributed by atoms with Crippen LogP contribution in [0.2, 0.25) is 0 Å². The highest BCUT2D eigenvalue weighted by molar-refractivity contribution is 5.68. The summed E-state index contributed by atoms with van der Waals surface area (Å²) in [6.45, 7) is 2.32. The number of hydrogen-bond donors (Lipinski definition) is 1. The molecule has 0 amide bonds. The Bertz CT molecular complexity index is 789. The van der Waals surface area contributed by atoms with Gasteiger partial charge in [-0.3, -0.25) is 0 Å². The number of aliphatic hydroxyl groups is 1. The molecule has 1 unspecified atom stereocenters. The van der Waals surface area contributed by atoms with Crippen LogP contribution in [0.1, 0.15) is 88.2 Å². The Morgan fingerprint density at radius 3 is 1.83 bits per heavy atom. The molecule has 1 atom stereocenters. The fourth-order valence-electron chi connectivity index (χ4n) is 4.29. The van der Waals surface area contributed by atoms with Gasteiger partial charge in [0.05, 0.1) is 0 Å². The minimum Gasteiger partial charge on any atom is -0.505 e. The Kier molecular flexibility index (Phi) is 10.5. The molecule has 2 rings (SSSR count). The van der Waals surface area contributed by atoms with E-state index in [1.54, 1.807) is 24.3 Å². The van der Waals surface area contributed by atoms with Crippen molar-refractivity contribution in [1.82, 2.24) is 0 Å². The third kappa shape index (κ3) is 7.92. The smallest absolute Gasteiger partial charge is 0.171 e. The average Bonchev–Trinajstić information content (AvgIpc) is 2.76. The van der Waals surface area contributed by atoms with Crippen LogP contribution >= 0.6 is 0 Å². The molecule has 158 valence electrons. The lowest BCUT2D eigenvalue weighted by molar-refractivity contribution is 0.351. The van der Waals surface area contributed by atoms with Crippen molar-refractivity contribution in [2.45, 2.75) is 77.0 Å². The molecule has 0 heterocycles. The first-order chi connectivity index (χ1) is 14.7. The van der Waals surface area contributed by atoms with Crippen molar-refractivity contribution < 1.29 is 5.11 Å². The lowest BCUT2D eigenvalue weighted by atomic mass is 9.84. The monoisotopic (exact) mass is 402 g/mol. The van der Waals surface area contributed by atoms with E-state index in [0.29, 0.717) is 11.5 Å². The fraction of sp³-hybridized carbons (Fsp3) is 0.481. The highest BCUT2D eigenvalue weighted by Crippen LogP contribution is 2.30. The number of rotatable bonds is 4. The van der Waals surface area contributed by atoms with Crippen LogP contribution in [0.25, 0.3) is 5.76 Å². The highest BCUT2D eigenvalue weighted by Gasteiger charge is 2.15. The predicted octanol–water partition coefficient (Wildman–Crippen LogP) is 7.76. The van der Waals surface area contributed by atoms with Crippen molar-refractivity contribution in [1.29, 1.82) is 10.5 Å². The number of nitriles is 2. The minimum absolute atomic E-state index is 0.282. The molecule has 0 aromatic heterocycles. The van der Waals surface area contributed by atoms with Crippen molar-refractivity contribution in [3.63, 3.8) is 0 Å². The Hall–Kier alpha value is -2.78. The Labute approximate surface area is 182 Å². The Morgan fingerprint density at radius 2 is 1.33 bits per heavy atom. The summed E-state index contributed by atoms with van der Waals surface area (Å²) < 4.78 is 0. The van der Waals surface area contributed by atoms with Gasteiger partial charge in [0.1, 0.15) is 12.1 Å². The normalized spacial score (nSPS) is 16.2. The van der Waals surface area contributed by atoms with Crippen LogP contribution in [0.15, 0.2) is 54.1 Å². The van der Waals surface area contributed by atoms with E-state index in [9.17, 15) is 5.11 Å². The van der Waals surface area contributed by atoms with Crippen LogP contribution < -0.4 is 0 Å². The zero-order chi connectivity index (χ0) is 21.6. The quantitative estimate of drug-likeness (QED) is 0.413. The first-order valence-corrected chi connectivity index (χ1v) is 11.3. The predicted molar refractivity (Wildman–Crippen MR) is 123 cm³/mol. The first kappa shape index (κ1) is 23.5. The molecule has 1 fully saturated rings. The largest absolute Gasteiger partial charge is 0.505 e. The highest BCUT2D eigenvalue weighted by atomic mass is 16.3. The van der Waals surface area contributed by atoms with Gasteiger partial charge in [-0.05, 0) is 23.8 Å². The number of aliphatic hydroxyl groups excluding tert-OH is 1. The standard InChI is InChI=1S/C27H34N2O/c1-22(19-23-13-7-5-3-2-4-6-8-14-23)24-15-9-11-17-25(18-12-10-16-24)27(30)26(20-28)21-29/h9-12,15-18,22-23,30H,2-8,13-14,19H2,1H3. The van der Waals surface area contributed by atoms with Gasteiger partial charge < -0.3 is 5.11 Å². The summed E-state index contributed by atoms with van der Waals surface area (Å²) in [6.07, 6.45) is 13.7. The molecule has 3 heteroatoms. The molecule has 0 bridgehead atoms. The number of hydrogen-bond acceptors (Lipinski definition) is 3. The SMILES string of the molecule is CC(CC1CCCCCCCCC1)c1ccccc(C(O)=C(C#N)C#N)cccc1. The number of nitrogens with zero attached hydrogens (tertiary/aromatic N) is 2. The zero-order valence-corrected chi connectivity index (χ0v) is 18.2. The maximum atomic E-state index is 10.2. The second-order valence-corrected chi connectivity index (χ2v) is 8.39. The van der Waals surface area contributed by atoms with Gasteiger partial charge in [0, 0.05) is 5.56 Å². The van der Waals surface area contributed by atoms with Gasteiger partial charge in [0.25, 0.3) is 0 Å². The van der Waals surface area contributed by atoms with Gasteiger partial charge in [0.15, 0.2) is 11.3 Å². The second kappa shape index (κ2) is 13.4.